The number of nitrogens with zero attached hydrogens (tertiary/aromatic N) is 4. The molecule has 252 valence electrons. The molecule has 1 atom stereocenters. The summed E-state index contributed by atoms with van der Waals surface area (Å²) in [5.41, 5.74) is 1.70. The fraction of sp³-hybridized carbons (Fsp3) is 0.429. The Balaban J connectivity index is 0.00000160. The molecule has 47 heavy (non-hydrogen) atoms. The molecule has 2 aromatic carbocycles. The highest BCUT2D eigenvalue weighted by atomic mass is 19.4. The lowest BCUT2D eigenvalue weighted by atomic mass is 10.1. The lowest BCUT2D eigenvalue weighted by Gasteiger charge is -2.31. The topological polar surface area (TPSA) is 86.0 Å². The van der Waals surface area contributed by atoms with E-state index in [0.29, 0.717) is 48.7 Å². The first-order valence-electron chi connectivity index (χ1n) is 15.8. The maximum atomic E-state index is 15.7. The summed E-state index contributed by atoms with van der Waals surface area (Å²) in [6.07, 6.45) is 2.27. The first-order valence-corrected chi connectivity index (χ1v) is 15.8. The smallest absolute Gasteiger partial charge is 0.416 e. The van der Waals surface area contributed by atoms with Crippen LogP contribution >= 0.6 is 0 Å². The van der Waals surface area contributed by atoms with Gasteiger partial charge >= 0.3 is 12.1 Å². The molecular formula is C35H40F4N4O4. The quantitative estimate of drug-likeness (QED) is 0.169. The number of fused-ring (bicyclic) bond motifs is 1. The van der Waals surface area contributed by atoms with E-state index in [1.807, 2.05) is 23.3 Å². The first-order chi connectivity index (χ1) is 22.5. The summed E-state index contributed by atoms with van der Waals surface area (Å²) in [7, 11) is 0. The molecule has 12 heteroatoms. The van der Waals surface area contributed by atoms with Crippen LogP contribution in [0.4, 0.5) is 17.6 Å². The van der Waals surface area contributed by atoms with Gasteiger partial charge in [-0.15, -0.1) is 4.91 Å². The highest BCUT2D eigenvalue weighted by molar-refractivity contribution is 5.98. The van der Waals surface area contributed by atoms with E-state index in [0.717, 1.165) is 30.7 Å². The molecule has 0 spiro atoms. The second-order valence-electron chi connectivity index (χ2n) is 11.5. The number of rotatable bonds is 9. The minimum absolute atomic E-state index is 0.0622. The predicted molar refractivity (Wildman–Crippen MR) is 174 cm³/mol. The molecule has 8 nitrogen and oxygen atoms in total. The molecule has 1 fully saturated rings. The highest BCUT2D eigenvalue weighted by Gasteiger charge is 2.33. The number of alkyl halides is 3. The number of morpholine rings is 1. The zero-order chi connectivity index (χ0) is 34.1. The van der Waals surface area contributed by atoms with Crippen LogP contribution in [0.3, 0.4) is 0 Å². The van der Waals surface area contributed by atoms with Crippen LogP contribution in [0.15, 0.2) is 76.6 Å². The van der Waals surface area contributed by atoms with Gasteiger partial charge in [-0.2, -0.15) is 13.2 Å². The Bertz CT molecular complexity index is 1670. The van der Waals surface area contributed by atoms with E-state index >= 15 is 4.39 Å². The van der Waals surface area contributed by atoms with Gasteiger partial charge < -0.3 is 18.9 Å². The Kier molecular flexibility index (Phi) is 12.1. The summed E-state index contributed by atoms with van der Waals surface area (Å²) in [6.45, 7) is 10.2. The van der Waals surface area contributed by atoms with Gasteiger partial charge in [-0.05, 0) is 67.5 Å². The van der Waals surface area contributed by atoms with Crippen molar-refractivity contribution in [2.24, 2.45) is 5.18 Å². The summed E-state index contributed by atoms with van der Waals surface area (Å²) >= 11 is 0. The van der Waals surface area contributed by atoms with Crippen molar-refractivity contribution in [1.82, 2.24) is 14.5 Å². The number of halogens is 4. The van der Waals surface area contributed by atoms with Gasteiger partial charge in [0.1, 0.15) is 24.0 Å². The summed E-state index contributed by atoms with van der Waals surface area (Å²) in [5.74, 6) is -1.07. The maximum Gasteiger partial charge on any atom is 0.416 e. The molecule has 1 unspecified atom stereocenters. The minimum atomic E-state index is -4.53. The minimum Gasteiger partial charge on any atom is -0.489 e. The van der Waals surface area contributed by atoms with Crippen molar-refractivity contribution in [1.29, 1.82) is 0 Å². The van der Waals surface area contributed by atoms with Crippen molar-refractivity contribution < 1.29 is 31.8 Å². The summed E-state index contributed by atoms with van der Waals surface area (Å²) < 4.78 is 69.8. The number of benzene rings is 2. The van der Waals surface area contributed by atoms with E-state index in [9.17, 15) is 22.9 Å². The monoisotopic (exact) mass is 656 g/mol. The number of carbonyl (C=O) groups excluding carboxylic acids is 1. The third-order valence-corrected chi connectivity index (χ3v) is 7.74. The van der Waals surface area contributed by atoms with Gasteiger partial charge in [0, 0.05) is 48.1 Å². The van der Waals surface area contributed by atoms with Crippen molar-refractivity contribution in [3.8, 4) is 17.1 Å². The number of amides is 1. The van der Waals surface area contributed by atoms with Gasteiger partial charge in [0.25, 0.3) is 0 Å². The Morgan fingerprint density at radius 2 is 1.81 bits per heavy atom. The SMILES string of the molecule is CCC.CCCC(C)n1c(-c2ccc(OCC3=CC(C(F)(F)F)=CC=C(N4CCOCC4)C3)cc2F)nc2cc(C(=O)N=O)ccc21. The Labute approximate surface area is 271 Å². The molecule has 0 N–H and O–H groups in total. The summed E-state index contributed by atoms with van der Waals surface area (Å²) in [6, 6.07) is 8.79. The van der Waals surface area contributed by atoms with Crippen LogP contribution in [0.1, 0.15) is 69.8 Å². The highest BCUT2D eigenvalue weighted by Crippen LogP contribution is 2.35. The zero-order valence-corrected chi connectivity index (χ0v) is 27.1. The van der Waals surface area contributed by atoms with E-state index in [2.05, 4.69) is 24.0 Å². The standard InChI is InChI=1S/C32H32F4N4O4.C3H8/c1-3-4-20(2)40-29-10-5-22(31(41)38-42)17-28(29)37-30(40)26-9-8-25(18-27(26)33)44-19-21-15-23(32(34,35)36)6-7-24(16-21)39-11-13-43-14-12-39;1-3-2/h5-10,15,17-18,20H,3-4,11-14,16,19H2,1-2H3;3H2,1-2H3. The fourth-order valence-electron chi connectivity index (χ4n) is 5.54. The van der Waals surface area contributed by atoms with Crippen LogP contribution in [0.5, 0.6) is 5.75 Å². The largest absolute Gasteiger partial charge is 0.489 e. The average Bonchev–Trinajstić information content (AvgIpc) is 3.28. The molecule has 0 radical (unpaired) electrons. The molecular weight excluding hydrogens is 616 g/mol. The van der Waals surface area contributed by atoms with Gasteiger partial charge in [0.15, 0.2) is 0 Å². The molecule has 2 heterocycles. The van der Waals surface area contributed by atoms with E-state index in [1.165, 1.54) is 36.8 Å². The number of hydrogen-bond acceptors (Lipinski definition) is 6. The molecule has 0 saturated carbocycles. The Hall–Kier alpha value is -4.32. The normalized spacial score (nSPS) is 15.9. The number of ether oxygens (including phenoxy) is 2. The zero-order valence-electron chi connectivity index (χ0n) is 27.1. The maximum absolute atomic E-state index is 15.7. The Morgan fingerprint density at radius 1 is 1.09 bits per heavy atom. The molecule has 1 aliphatic heterocycles. The lowest BCUT2D eigenvalue weighted by Crippen LogP contribution is -2.35. The molecule has 3 aromatic rings. The van der Waals surface area contributed by atoms with E-state index in [-0.39, 0.29) is 35.9 Å². The van der Waals surface area contributed by atoms with Crippen LogP contribution in [-0.4, -0.2) is 59.4 Å². The number of carbonyl (C=O) groups is 1. The van der Waals surface area contributed by atoms with Crippen molar-refractivity contribution in [3.05, 3.63) is 87.8 Å². The summed E-state index contributed by atoms with van der Waals surface area (Å²) in [5, 5.41) is 2.47. The molecule has 1 aliphatic carbocycles. The first kappa shape index (κ1) is 35.5. The third-order valence-electron chi connectivity index (χ3n) is 7.74. The molecule has 1 amide bonds. The van der Waals surface area contributed by atoms with E-state index in [1.54, 1.807) is 12.1 Å². The number of aromatic nitrogens is 2. The summed E-state index contributed by atoms with van der Waals surface area (Å²) in [4.78, 5) is 29.2. The molecule has 1 saturated heterocycles. The van der Waals surface area contributed by atoms with Crippen LogP contribution in [-0.2, 0) is 4.74 Å². The van der Waals surface area contributed by atoms with Crippen LogP contribution < -0.4 is 4.74 Å². The fourth-order valence-corrected chi connectivity index (χ4v) is 5.54. The number of imidazole rings is 1. The molecule has 1 aromatic heterocycles. The average molecular weight is 657 g/mol. The second kappa shape index (κ2) is 16.0. The lowest BCUT2D eigenvalue weighted by molar-refractivity contribution is -0.0882. The second-order valence-corrected chi connectivity index (χ2v) is 11.5. The van der Waals surface area contributed by atoms with Gasteiger partial charge in [0.2, 0.25) is 0 Å². The molecule has 2 aliphatic rings. The van der Waals surface area contributed by atoms with Gasteiger partial charge in [-0.25, -0.2) is 9.37 Å². The van der Waals surface area contributed by atoms with Crippen molar-refractivity contribution in [3.63, 3.8) is 0 Å². The van der Waals surface area contributed by atoms with Gasteiger partial charge in [0.05, 0.1) is 35.4 Å². The van der Waals surface area contributed by atoms with Gasteiger partial charge in [-0.3, -0.25) is 4.79 Å². The van der Waals surface area contributed by atoms with Crippen LogP contribution in [0.25, 0.3) is 22.4 Å². The number of hydrogen-bond donors (Lipinski definition) is 0. The predicted octanol–water partition coefficient (Wildman–Crippen LogP) is 8.94. The van der Waals surface area contributed by atoms with Crippen molar-refractivity contribution in [2.75, 3.05) is 32.9 Å². The van der Waals surface area contributed by atoms with Gasteiger partial charge in [-0.1, -0.05) is 33.6 Å². The molecule has 0 bridgehead atoms. The number of nitroso groups, excluding NO2 is 1. The van der Waals surface area contributed by atoms with E-state index < -0.39 is 23.5 Å². The van der Waals surface area contributed by atoms with Crippen LogP contribution in [0, 0.1) is 10.7 Å². The molecule has 5 rings (SSSR count). The van der Waals surface area contributed by atoms with E-state index in [4.69, 9.17) is 9.47 Å². The number of allylic oxidation sites excluding steroid dienone is 5. The van der Waals surface area contributed by atoms with Crippen LogP contribution in [0.2, 0.25) is 0 Å². The third kappa shape index (κ3) is 8.73. The van der Waals surface area contributed by atoms with Crippen molar-refractivity contribution in [2.45, 2.75) is 65.6 Å². The van der Waals surface area contributed by atoms with Crippen molar-refractivity contribution >= 4 is 16.9 Å². The Morgan fingerprint density at radius 3 is 2.45 bits per heavy atom.